The van der Waals surface area contributed by atoms with Gasteiger partial charge in [-0.25, -0.2) is 8.42 Å². The molecule has 25 heavy (non-hydrogen) atoms. The average Bonchev–Trinajstić information content (AvgIpc) is 2.54. The van der Waals surface area contributed by atoms with Gasteiger partial charge in [0.1, 0.15) is 0 Å². The third kappa shape index (κ3) is 4.37. The number of amides is 1. The predicted molar refractivity (Wildman–Crippen MR) is 85.1 cm³/mol. The first-order valence-corrected chi connectivity index (χ1v) is 8.48. The van der Waals surface area contributed by atoms with Crippen LogP contribution in [0.25, 0.3) is 0 Å². The normalized spacial score (nSPS) is 12.4. The van der Waals surface area contributed by atoms with E-state index >= 15 is 0 Å². The van der Waals surface area contributed by atoms with Crippen molar-refractivity contribution in [3.05, 3.63) is 65.2 Å². The first-order valence-electron chi connectivity index (χ1n) is 7.04. The van der Waals surface area contributed by atoms with Crippen molar-refractivity contribution < 1.29 is 26.4 Å². The third-order valence-electron chi connectivity index (χ3n) is 3.53. The van der Waals surface area contributed by atoms with Crippen molar-refractivity contribution in [3.8, 4) is 0 Å². The predicted octanol–water partition coefficient (Wildman–Crippen LogP) is 2.62. The summed E-state index contributed by atoms with van der Waals surface area (Å²) in [5.74, 6) is -0.679. The van der Waals surface area contributed by atoms with Crippen LogP contribution in [0.2, 0.25) is 0 Å². The van der Waals surface area contributed by atoms with E-state index in [2.05, 4.69) is 0 Å². The Labute approximate surface area is 142 Å². The number of primary amides is 1. The van der Waals surface area contributed by atoms with E-state index in [1.807, 2.05) is 0 Å². The van der Waals surface area contributed by atoms with Gasteiger partial charge in [-0.3, -0.25) is 4.79 Å². The zero-order valence-electron chi connectivity index (χ0n) is 13.1. The second kappa shape index (κ2) is 6.85. The van der Waals surface area contributed by atoms with Crippen LogP contribution < -0.4 is 5.73 Å². The van der Waals surface area contributed by atoms with Crippen molar-refractivity contribution in [1.29, 1.82) is 0 Å². The fourth-order valence-electron chi connectivity index (χ4n) is 2.11. The van der Waals surface area contributed by atoms with E-state index in [0.29, 0.717) is 5.56 Å². The summed E-state index contributed by atoms with van der Waals surface area (Å²) in [4.78, 5) is 11.0. The van der Waals surface area contributed by atoms with E-state index in [1.54, 1.807) is 0 Å². The minimum absolute atomic E-state index is 0.0492. The lowest BCUT2D eigenvalue weighted by Crippen LogP contribution is -2.26. The molecular formula is C16H15F3N2O3S. The van der Waals surface area contributed by atoms with Gasteiger partial charge in [-0.15, -0.1) is 0 Å². The highest BCUT2D eigenvalue weighted by molar-refractivity contribution is 7.89. The SMILES string of the molecule is CN(Cc1ccc(C(F)(F)F)cc1)S(=O)(=O)c1ccc(C(N)=O)cc1. The van der Waals surface area contributed by atoms with E-state index in [-0.39, 0.29) is 17.0 Å². The van der Waals surface area contributed by atoms with E-state index in [0.717, 1.165) is 16.4 Å². The fraction of sp³-hybridized carbons (Fsp3) is 0.188. The molecule has 0 atom stereocenters. The summed E-state index contributed by atoms with van der Waals surface area (Å²) in [5, 5.41) is 0. The highest BCUT2D eigenvalue weighted by atomic mass is 32.2. The Bertz CT molecular complexity index is 861. The lowest BCUT2D eigenvalue weighted by molar-refractivity contribution is -0.137. The van der Waals surface area contributed by atoms with E-state index in [4.69, 9.17) is 5.73 Å². The van der Waals surface area contributed by atoms with Gasteiger partial charge in [0, 0.05) is 19.2 Å². The number of nitrogens with two attached hydrogens (primary N) is 1. The summed E-state index contributed by atoms with van der Waals surface area (Å²) in [6, 6.07) is 9.34. The Balaban J connectivity index is 2.18. The van der Waals surface area contributed by atoms with Gasteiger partial charge in [0.2, 0.25) is 15.9 Å². The van der Waals surface area contributed by atoms with Crippen molar-refractivity contribution in [3.63, 3.8) is 0 Å². The zero-order chi connectivity index (χ0) is 18.8. The van der Waals surface area contributed by atoms with Crippen LogP contribution in [-0.2, 0) is 22.7 Å². The van der Waals surface area contributed by atoms with Gasteiger partial charge in [-0.2, -0.15) is 17.5 Å². The summed E-state index contributed by atoms with van der Waals surface area (Å²) >= 11 is 0. The number of hydrogen-bond acceptors (Lipinski definition) is 3. The quantitative estimate of drug-likeness (QED) is 0.876. The summed E-state index contributed by atoms with van der Waals surface area (Å²) < 4.78 is 63.6. The second-order valence-corrected chi connectivity index (χ2v) is 7.39. The molecule has 2 aromatic carbocycles. The first-order chi connectivity index (χ1) is 11.5. The standard InChI is InChI=1S/C16H15F3N2O3S/c1-21(10-11-2-6-13(7-3-11)16(17,18)19)25(23,24)14-8-4-12(5-9-14)15(20)22/h2-9H,10H2,1H3,(H2,20,22). The van der Waals surface area contributed by atoms with Crippen LogP contribution >= 0.6 is 0 Å². The van der Waals surface area contributed by atoms with Crippen molar-refractivity contribution in [2.75, 3.05) is 7.05 Å². The summed E-state index contributed by atoms with van der Waals surface area (Å²) in [6.07, 6.45) is -4.45. The topological polar surface area (TPSA) is 80.5 Å². The summed E-state index contributed by atoms with van der Waals surface area (Å²) in [7, 11) is -2.54. The van der Waals surface area contributed by atoms with Crippen LogP contribution in [0.1, 0.15) is 21.5 Å². The molecule has 5 nitrogen and oxygen atoms in total. The molecule has 0 heterocycles. The maximum absolute atomic E-state index is 12.5. The van der Waals surface area contributed by atoms with Gasteiger partial charge in [-0.1, -0.05) is 12.1 Å². The lowest BCUT2D eigenvalue weighted by Gasteiger charge is -2.18. The van der Waals surface area contributed by atoms with E-state index < -0.39 is 27.7 Å². The monoisotopic (exact) mass is 372 g/mol. The van der Waals surface area contributed by atoms with Crippen LogP contribution in [0.3, 0.4) is 0 Å². The van der Waals surface area contributed by atoms with Gasteiger partial charge in [0.25, 0.3) is 0 Å². The number of carbonyl (C=O) groups is 1. The molecule has 0 aromatic heterocycles. The van der Waals surface area contributed by atoms with Gasteiger partial charge in [-0.05, 0) is 42.0 Å². The van der Waals surface area contributed by atoms with Crippen LogP contribution in [0.4, 0.5) is 13.2 Å². The van der Waals surface area contributed by atoms with Gasteiger partial charge in [0.15, 0.2) is 0 Å². The molecule has 0 spiro atoms. The molecule has 0 bridgehead atoms. The fourth-order valence-corrected chi connectivity index (χ4v) is 3.27. The third-order valence-corrected chi connectivity index (χ3v) is 5.35. The minimum atomic E-state index is -4.45. The Morgan fingerprint density at radius 3 is 2.00 bits per heavy atom. The molecule has 0 aliphatic carbocycles. The number of hydrogen-bond donors (Lipinski definition) is 1. The largest absolute Gasteiger partial charge is 0.416 e. The van der Waals surface area contributed by atoms with Crippen LogP contribution in [0.15, 0.2) is 53.4 Å². The Hall–Kier alpha value is -2.39. The molecule has 0 aliphatic rings. The number of rotatable bonds is 5. The molecule has 2 aromatic rings. The molecule has 2 N–H and O–H groups in total. The van der Waals surface area contributed by atoms with E-state index in [9.17, 15) is 26.4 Å². The highest BCUT2D eigenvalue weighted by Gasteiger charge is 2.30. The van der Waals surface area contributed by atoms with Gasteiger partial charge in [0.05, 0.1) is 10.5 Å². The molecule has 9 heteroatoms. The first kappa shape index (κ1) is 18.9. The number of carbonyl (C=O) groups excluding carboxylic acids is 1. The zero-order valence-corrected chi connectivity index (χ0v) is 13.9. The number of sulfonamides is 1. The molecule has 0 saturated carbocycles. The number of benzene rings is 2. The molecule has 0 fully saturated rings. The highest BCUT2D eigenvalue weighted by Crippen LogP contribution is 2.29. The van der Waals surface area contributed by atoms with Crippen molar-refractivity contribution >= 4 is 15.9 Å². The van der Waals surface area contributed by atoms with E-state index in [1.165, 1.54) is 43.4 Å². The molecule has 0 radical (unpaired) electrons. The average molecular weight is 372 g/mol. The Morgan fingerprint density at radius 2 is 1.56 bits per heavy atom. The van der Waals surface area contributed by atoms with Crippen LogP contribution in [0.5, 0.6) is 0 Å². The lowest BCUT2D eigenvalue weighted by atomic mass is 10.1. The molecular weight excluding hydrogens is 357 g/mol. The molecule has 2 rings (SSSR count). The van der Waals surface area contributed by atoms with Crippen LogP contribution in [-0.4, -0.2) is 25.7 Å². The minimum Gasteiger partial charge on any atom is -0.366 e. The van der Waals surface area contributed by atoms with Crippen LogP contribution in [0, 0.1) is 0 Å². The van der Waals surface area contributed by atoms with Gasteiger partial charge < -0.3 is 5.73 Å². The van der Waals surface area contributed by atoms with Gasteiger partial charge >= 0.3 is 6.18 Å². The summed E-state index contributed by atoms with van der Waals surface area (Å²) in [6.45, 7) is -0.0992. The van der Waals surface area contributed by atoms with Crippen molar-refractivity contribution in [2.45, 2.75) is 17.6 Å². The number of nitrogens with zero attached hydrogens (tertiary/aromatic N) is 1. The second-order valence-electron chi connectivity index (χ2n) is 5.34. The maximum atomic E-state index is 12.5. The molecule has 0 unspecified atom stereocenters. The molecule has 134 valence electrons. The Morgan fingerprint density at radius 1 is 1.04 bits per heavy atom. The van der Waals surface area contributed by atoms with Crippen molar-refractivity contribution in [2.24, 2.45) is 5.73 Å². The Kier molecular flexibility index (Phi) is 5.19. The maximum Gasteiger partial charge on any atom is 0.416 e. The summed E-state index contributed by atoms with van der Waals surface area (Å²) in [5.41, 5.74) is 4.88. The molecule has 0 saturated heterocycles. The van der Waals surface area contributed by atoms with Crippen molar-refractivity contribution in [1.82, 2.24) is 4.31 Å². The smallest absolute Gasteiger partial charge is 0.366 e. The molecule has 1 amide bonds. The number of alkyl halides is 3. The molecule has 0 aliphatic heterocycles. The number of halogens is 3.